The number of aromatic hydroxyl groups is 1. The van der Waals surface area contributed by atoms with Crippen LogP contribution in [-0.2, 0) is 6.18 Å². The fourth-order valence-corrected chi connectivity index (χ4v) is 1.80. The number of hydrogen-bond donors (Lipinski definition) is 2. The van der Waals surface area contributed by atoms with Gasteiger partial charge in [0.15, 0.2) is 0 Å². The highest BCUT2D eigenvalue weighted by Crippen LogP contribution is 2.34. The number of nitrogens with one attached hydrogen (secondary N) is 1. The molecule has 2 aromatic rings. The van der Waals surface area contributed by atoms with Gasteiger partial charge in [0.2, 0.25) is 0 Å². The van der Waals surface area contributed by atoms with Gasteiger partial charge in [0.25, 0.3) is 5.17 Å². The number of hydrogen-bond acceptors (Lipinski definition) is 3. The third-order valence-corrected chi connectivity index (χ3v) is 2.70. The second-order valence-electron chi connectivity index (χ2n) is 4.05. The summed E-state index contributed by atoms with van der Waals surface area (Å²) in [5.74, 6) is 0.346. The summed E-state index contributed by atoms with van der Waals surface area (Å²) in [6, 6.07) is 10.6. The van der Waals surface area contributed by atoms with E-state index in [1.165, 1.54) is 42.5 Å². The molecule has 0 fully saturated rings. The number of para-hydroxylation sites is 1. The van der Waals surface area contributed by atoms with Crippen molar-refractivity contribution in [2.24, 2.45) is 0 Å². The number of phenolic OH excluding ortho intramolecular Hbond substituents is 1. The first-order valence-electron chi connectivity index (χ1n) is 5.80. The predicted molar refractivity (Wildman–Crippen MR) is 76.4 cm³/mol. The van der Waals surface area contributed by atoms with E-state index in [4.69, 9.17) is 22.1 Å². The maximum absolute atomic E-state index is 12.8. The van der Waals surface area contributed by atoms with Crippen molar-refractivity contribution in [3.63, 3.8) is 0 Å². The summed E-state index contributed by atoms with van der Waals surface area (Å²) in [6.45, 7) is 0. The van der Waals surface area contributed by atoms with Gasteiger partial charge in [0.05, 0.1) is 11.3 Å². The van der Waals surface area contributed by atoms with Crippen LogP contribution in [-0.4, -0.2) is 10.3 Å². The van der Waals surface area contributed by atoms with Gasteiger partial charge in [-0.2, -0.15) is 13.2 Å². The van der Waals surface area contributed by atoms with Crippen LogP contribution in [0.4, 0.5) is 18.9 Å². The van der Waals surface area contributed by atoms with Crippen molar-refractivity contribution in [2.45, 2.75) is 6.18 Å². The Morgan fingerprint density at radius 1 is 1.05 bits per heavy atom. The number of rotatable bonds is 2. The number of anilines is 1. The molecule has 0 amide bonds. The smallest absolute Gasteiger partial charge is 0.418 e. The predicted octanol–water partition coefficient (Wildman–Crippen LogP) is 4.19. The van der Waals surface area contributed by atoms with Crippen molar-refractivity contribution >= 4 is 23.1 Å². The van der Waals surface area contributed by atoms with Gasteiger partial charge in [-0.05, 0) is 48.6 Å². The van der Waals surface area contributed by atoms with Crippen LogP contribution in [0.5, 0.6) is 11.5 Å². The first-order valence-corrected chi connectivity index (χ1v) is 6.21. The van der Waals surface area contributed by atoms with Crippen molar-refractivity contribution < 1.29 is 23.0 Å². The molecule has 0 aliphatic rings. The Bertz CT molecular complexity index is 641. The third kappa shape index (κ3) is 4.09. The van der Waals surface area contributed by atoms with Crippen molar-refractivity contribution in [1.29, 1.82) is 0 Å². The van der Waals surface area contributed by atoms with Gasteiger partial charge < -0.3 is 15.2 Å². The molecule has 2 N–H and O–H groups in total. The lowest BCUT2D eigenvalue weighted by Gasteiger charge is -2.15. The Kier molecular flexibility index (Phi) is 4.32. The minimum Gasteiger partial charge on any atom is -0.508 e. The SMILES string of the molecule is Oc1ccc(OC(=S)Nc2ccccc2C(F)(F)F)cc1. The first kappa shape index (κ1) is 15.1. The van der Waals surface area contributed by atoms with Crippen molar-refractivity contribution in [1.82, 2.24) is 0 Å². The fraction of sp³-hybridized carbons (Fsp3) is 0.0714. The van der Waals surface area contributed by atoms with Gasteiger partial charge in [-0.15, -0.1) is 0 Å². The Balaban J connectivity index is 2.11. The Hall–Kier alpha value is -2.28. The van der Waals surface area contributed by atoms with Crippen LogP contribution in [0.2, 0.25) is 0 Å². The molecule has 0 unspecified atom stereocenters. The lowest BCUT2D eigenvalue weighted by Crippen LogP contribution is -2.19. The Morgan fingerprint density at radius 2 is 1.67 bits per heavy atom. The molecule has 2 rings (SSSR count). The molecule has 0 aliphatic heterocycles. The molecule has 0 bridgehead atoms. The zero-order valence-electron chi connectivity index (χ0n) is 10.5. The van der Waals surface area contributed by atoms with Crippen LogP contribution in [0.1, 0.15) is 5.56 Å². The largest absolute Gasteiger partial charge is 0.508 e. The van der Waals surface area contributed by atoms with Crippen LogP contribution in [0.15, 0.2) is 48.5 Å². The van der Waals surface area contributed by atoms with E-state index in [1.54, 1.807) is 0 Å². The van der Waals surface area contributed by atoms with Crippen LogP contribution in [0, 0.1) is 0 Å². The molecular weight excluding hydrogens is 303 g/mol. The Labute approximate surface area is 124 Å². The van der Waals surface area contributed by atoms with Crippen molar-refractivity contribution in [3.05, 3.63) is 54.1 Å². The monoisotopic (exact) mass is 313 g/mol. The van der Waals surface area contributed by atoms with E-state index in [2.05, 4.69) is 5.32 Å². The van der Waals surface area contributed by atoms with E-state index >= 15 is 0 Å². The van der Waals surface area contributed by atoms with Crippen LogP contribution < -0.4 is 10.1 Å². The van der Waals surface area contributed by atoms with E-state index in [9.17, 15) is 13.2 Å². The maximum Gasteiger partial charge on any atom is 0.418 e. The molecule has 0 heterocycles. The molecular formula is C14H10F3NO2S. The second kappa shape index (κ2) is 6.01. The number of alkyl halides is 3. The van der Waals surface area contributed by atoms with Crippen LogP contribution in [0.25, 0.3) is 0 Å². The van der Waals surface area contributed by atoms with Gasteiger partial charge >= 0.3 is 6.18 Å². The van der Waals surface area contributed by atoms with Crippen LogP contribution >= 0.6 is 12.2 Å². The zero-order valence-corrected chi connectivity index (χ0v) is 11.3. The standard InChI is InChI=1S/C14H10F3NO2S/c15-14(16,17)11-3-1-2-4-12(11)18-13(21)20-10-7-5-9(19)6-8-10/h1-8,19H,(H,18,21). The number of benzene rings is 2. The van der Waals surface area contributed by atoms with Gasteiger partial charge in [-0.3, -0.25) is 0 Å². The molecule has 0 saturated carbocycles. The molecule has 7 heteroatoms. The second-order valence-corrected chi connectivity index (χ2v) is 4.42. The summed E-state index contributed by atoms with van der Waals surface area (Å²) in [4.78, 5) is 0. The van der Waals surface area contributed by atoms with E-state index in [0.717, 1.165) is 6.07 Å². The van der Waals surface area contributed by atoms with Gasteiger partial charge in [0, 0.05) is 0 Å². The number of thiocarbonyl (C=S) groups is 1. The zero-order chi connectivity index (χ0) is 15.5. The normalized spacial score (nSPS) is 11.0. The summed E-state index contributed by atoms with van der Waals surface area (Å²) >= 11 is 4.87. The number of phenols is 1. The molecule has 0 atom stereocenters. The average molecular weight is 313 g/mol. The van der Waals surface area contributed by atoms with Crippen molar-refractivity contribution in [3.8, 4) is 11.5 Å². The minimum absolute atomic E-state index is 0.0450. The maximum atomic E-state index is 12.8. The number of ether oxygens (including phenoxy) is 1. The lowest BCUT2D eigenvalue weighted by atomic mass is 10.2. The van der Waals surface area contributed by atoms with Crippen LogP contribution in [0.3, 0.4) is 0 Å². The topological polar surface area (TPSA) is 41.5 Å². The lowest BCUT2D eigenvalue weighted by molar-refractivity contribution is -0.136. The Morgan fingerprint density at radius 3 is 2.29 bits per heavy atom. The minimum atomic E-state index is -4.49. The molecule has 0 spiro atoms. The molecule has 21 heavy (non-hydrogen) atoms. The highest BCUT2D eigenvalue weighted by Gasteiger charge is 2.33. The van der Waals surface area contributed by atoms with E-state index in [0.29, 0.717) is 5.75 Å². The van der Waals surface area contributed by atoms with Crippen molar-refractivity contribution in [2.75, 3.05) is 5.32 Å². The quantitative estimate of drug-likeness (QED) is 0.816. The molecule has 3 nitrogen and oxygen atoms in total. The summed E-state index contributed by atoms with van der Waals surface area (Å²) in [5, 5.41) is 11.3. The molecule has 0 saturated heterocycles. The molecule has 0 radical (unpaired) electrons. The molecule has 2 aromatic carbocycles. The summed E-state index contributed by atoms with van der Waals surface area (Å²) in [6.07, 6.45) is -4.49. The highest BCUT2D eigenvalue weighted by molar-refractivity contribution is 7.80. The summed E-state index contributed by atoms with van der Waals surface area (Å²) in [5.41, 5.74) is -1.02. The average Bonchev–Trinajstić information content (AvgIpc) is 2.41. The third-order valence-electron chi connectivity index (χ3n) is 2.52. The molecule has 0 aromatic heterocycles. The molecule has 110 valence electrons. The molecule has 0 aliphatic carbocycles. The first-order chi connectivity index (χ1) is 9.86. The summed E-state index contributed by atoms with van der Waals surface area (Å²) < 4.78 is 43.6. The van der Waals surface area contributed by atoms with Gasteiger partial charge in [0.1, 0.15) is 11.5 Å². The highest BCUT2D eigenvalue weighted by atomic mass is 32.1. The van der Waals surface area contributed by atoms with E-state index < -0.39 is 11.7 Å². The van der Waals surface area contributed by atoms with E-state index in [1.807, 2.05) is 0 Å². The summed E-state index contributed by atoms with van der Waals surface area (Å²) in [7, 11) is 0. The van der Waals surface area contributed by atoms with Gasteiger partial charge in [-0.1, -0.05) is 12.1 Å². The fourth-order valence-electron chi connectivity index (χ4n) is 1.60. The number of halogens is 3. The van der Waals surface area contributed by atoms with Gasteiger partial charge in [-0.25, -0.2) is 0 Å². The van der Waals surface area contributed by atoms with E-state index in [-0.39, 0.29) is 16.6 Å².